The molecule has 1 aliphatic rings. The number of benzene rings is 1. The number of aliphatic hydroxyl groups excluding tert-OH is 1. The molecule has 1 N–H and O–H groups in total. The zero-order valence-corrected chi connectivity index (χ0v) is 12.8. The third-order valence-electron chi connectivity index (χ3n) is 3.45. The number of aryl methyl sites for hydroxylation is 1. The molecule has 21 heavy (non-hydrogen) atoms. The topological polar surface area (TPSA) is 60.2 Å². The highest BCUT2D eigenvalue weighted by atomic mass is 32.2. The van der Waals surface area contributed by atoms with Crippen molar-refractivity contribution < 1.29 is 9.84 Å². The monoisotopic (exact) mass is 305 g/mol. The summed E-state index contributed by atoms with van der Waals surface area (Å²) in [6.45, 7) is 2.62. The minimum absolute atomic E-state index is 0.0518. The zero-order valence-electron chi connectivity index (χ0n) is 12.0. The van der Waals surface area contributed by atoms with Crippen LogP contribution in [0, 0.1) is 6.92 Å². The second kappa shape index (κ2) is 6.49. The van der Waals surface area contributed by atoms with Crippen molar-refractivity contribution in [1.82, 2.24) is 14.8 Å². The fourth-order valence-electron chi connectivity index (χ4n) is 2.22. The van der Waals surface area contributed by atoms with Gasteiger partial charge >= 0.3 is 0 Å². The van der Waals surface area contributed by atoms with Gasteiger partial charge in [-0.25, -0.2) is 0 Å². The van der Waals surface area contributed by atoms with E-state index < -0.39 is 0 Å². The Balaban J connectivity index is 1.54. The first-order chi connectivity index (χ1) is 10.3. The van der Waals surface area contributed by atoms with Crippen LogP contribution in [0.25, 0.3) is 0 Å². The molecule has 5 nitrogen and oxygen atoms in total. The predicted molar refractivity (Wildman–Crippen MR) is 81.6 cm³/mol. The molecule has 1 fully saturated rings. The maximum atomic E-state index is 9.30. The summed E-state index contributed by atoms with van der Waals surface area (Å²) in [5.41, 5.74) is 1.14. The first kappa shape index (κ1) is 14.4. The average Bonchev–Trinajstić information content (AvgIpc) is 3.25. The molecule has 0 unspecified atom stereocenters. The lowest BCUT2D eigenvalue weighted by Crippen LogP contribution is -2.05. The Morgan fingerprint density at radius 2 is 2.14 bits per heavy atom. The number of nitrogens with zero attached hydrogens (tertiary/aromatic N) is 3. The van der Waals surface area contributed by atoms with Crippen molar-refractivity contribution in [2.45, 2.75) is 37.6 Å². The third-order valence-corrected chi connectivity index (χ3v) is 4.36. The number of rotatable bonds is 7. The number of hydrogen-bond donors (Lipinski definition) is 1. The minimum Gasteiger partial charge on any atom is -0.492 e. The van der Waals surface area contributed by atoms with Gasteiger partial charge in [-0.3, -0.25) is 0 Å². The van der Waals surface area contributed by atoms with Crippen molar-refractivity contribution in [3.63, 3.8) is 0 Å². The second-order valence-electron chi connectivity index (χ2n) is 5.12. The molecule has 0 saturated heterocycles. The van der Waals surface area contributed by atoms with Gasteiger partial charge in [0.2, 0.25) is 0 Å². The van der Waals surface area contributed by atoms with Crippen LogP contribution < -0.4 is 4.74 Å². The Morgan fingerprint density at radius 1 is 1.33 bits per heavy atom. The molecule has 3 rings (SSSR count). The van der Waals surface area contributed by atoms with E-state index in [1.165, 1.54) is 0 Å². The van der Waals surface area contributed by atoms with Crippen LogP contribution in [0.2, 0.25) is 0 Å². The van der Waals surface area contributed by atoms with Crippen LogP contribution in [0.15, 0.2) is 29.4 Å². The van der Waals surface area contributed by atoms with Crippen LogP contribution in [0.4, 0.5) is 0 Å². The molecule has 0 amide bonds. The van der Waals surface area contributed by atoms with E-state index in [0.29, 0.717) is 18.5 Å². The van der Waals surface area contributed by atoms with Gasteiger partial charge in [0.1, 0.15) is 12.4 Å². The molecule has 0 bridgehead atoms. The van der Waals surface area contributed by atoms with Crippen LogP contribution in [0.3, 0.4) is 0 Å². The van der Waals surface area contributed by atoms with Crippen LogP contribution in [-0.2, 0) is 6.61 Å². The number of aliphatic hydroxyl groups is 1. The summed E-state index contributed by atoms with van der Waals surface area (Å²) < 4.78 is 7.85. The number of hydrogen-bond acceptors (Lipinski definition) is 5. The van der Waals surface area contributed by atoms with Crippen molar-refractivity contribution >= 4 is 11.8 Å². The lowest BCUT2D eigenvalue weighted by atomic mass is 10.2. The van der Waals surface area contributed by atoms with E-state index in [1.807, 2.05) is 31.2 Å². The van der Waals surface area contributed by atoms with E-state index in [9.17, 15) is 5.11 Å². The van der Waals surface area contributed by atoms with Gasteiger partial charge in [0.05, 0.1) is 6.61 Å². The summed E-state index contributed by atoms with van der Waals surface area (Å²) in [7, 11) is 0. The van der Waals surface area contributed by atoms with E-state index in [4.69, 9.17) is 4.74 Å². The van der Waals surface area contributed by atoms with E-state index in [0.717, 1.165) is 35.1 Å². The lowest BCUT2D eigenvalue weighted by Gasteiger charge is -2.09. The maximum Gasteiger partial charge on any atom is 0.191 e. The Hall–Kier alpha value is -1.53. The van der Waals surface area contributed by atoms with Crippen LogP contribution in [0.5, 0.6) is 5.75 Å². The predicted octanol–water partition coefficient (Wildman–Crippen LogP) is 2.58. The molecule has 0 atom stereocenters. The number of para-hydroxylation sites is 1. The van der Waals surface area contributed by atoms with Gasteiger partial charge in [-0.2, -0.15) is 0 Å². The summed E-state index contributed by atoms with van der Waals surface area (Å²) in [5, 5.41) is 18.4. The third kappa shape index (κ3) is 3.39. The smallest absolute Gasteiger partial charge is 0.191 e. The van der Waals surface area contributed by atoms with Crippen LogP contribution in [-0.4, -0.2) is 32.2 Å². The molecule has 0 aliphatic heterocycles. The molecular weight excluding hydrogens is 286 g/mol. The zero-order chi connectivity index (χ0) is 14.7. The van der Waals surface area contributed by atoms with Crippen molar-refractivity contribution in [2.75, 3.05) is 12.4 Å². The highest BCUT2D eigenvalue weighted by Crippen LogP contribution is 2.38. The Labute approximate surface area is 128 Å². The lowest BCUT2D eigenvalue weighted by molar-refractivity contribution is 0.263. The molecule has 0 radical (unpaired) electrons. The van der Waals surface area contributed by atoms with E-state index in [2.05, 4.69) is 14.8 Å². The Morgan fingerprint density at radius 3 is 2.86 bits per heavy atom. The van der Waals surface area contributed by atoms with Gasteiger partial charge in [-0.1, -0.05) is 30.0 Å². The Bertz CT molecular complexity index is 611. The van der Waals surface area contributed by atoms with E-state index in [-0.39, 0.29) is 6.61 Å². The molecule has 1 heterocycles. The van der Waals surface area contributed by atoms with Gasteiger partial charge in [0.25, 0.3) is 0 Å². The molecule has 0 spiro atoms. The van der Waals surface area contributed by atoms with E-state index >= 15 is 0 Å². The highest BCUT2D eigenvalue weighted by molar-refractivity contribution is 7.99. The van der Waals surface area contributed by atoms with Gasteiger partial charge < -0.3 is 14.4 Å². The van der Waals surface area contributed by atoms with Gasteiger partial charge in [0, 0.05) is 11.8 Å². The van der Waals surface area contributed by atoms with Gasteiger partial charge in [-0.15, -0.1) is 10.2 Å². The first-order valence-corrected chi connectivity index (χ1v) is 8.14. The molecule has 112 valence electrons. The quantitative estimate of drug-likeness (QED) is 0.629. The van der Waals surface area contributed by atoms with E-state index in [1.54, 1.807) is 11.8 Å². The van der Waals surface area contributed by atoms with Gasteiger partial charge in [-0.05, 0) is 31.4 Å². The fourth-order valence-corrected chi connectivity index (χ4v) is 3.06. The summed E-state index contributed by atoms with van der Waals surface area (Å²) >= 11 is 1.63. The molecule has 6 heteroatoms. The molecule has 1 aromatic carbocycles. The van der Waals surface area contributed by atoms with Crippen LogP contribution >= 0.6 is 11.8 Å². The maximum absolute atomic E-state index is 9.30. The van der Waals surface area contributed by atoms with Gasteiger partial charge in [0.15, 0.2) is 11.0 Å². The van der Waals surface area contributed by atoms with Crippen molar-refractivity contribution in [2.24, 2.45) is 0 Å². The number of ether oxygens (including phenoxy) is 1. The van der Waals surface area contributed by atoms with Crippen molar-refractivity contribution in [1.29, 1.82) is 0 Å². The number of thioether (sulfide) groups is 1. The second-order valence-corrected chi connectivity index (χ2v) is 6.18. The fraction of sp³-hybridized carbons (Fsp3) is 0.467. The normalized spacial score (nSPS) is 14.4. The largest absolute Gasteiger partial charge is 0.492 e. The van der Waals surface area contributed by atoms with Crippen molar-refractivity contribution in [3.05, 3.63) is 35.7 Å². The molecule has 1 aromatic heterocycles. The summed E-state index contributed by atoms with van der Waals surface area (Å²) in [5.74, 6) is 2.41. The average molecular weight is 305 g/mol. The molecule has 1 saturated carbocycles. The highest BCUT2D eigenvalue weighted by Gasteiger charge is 2.29. The molecule has 2 aromatic rings. The Kier molecular flexibility index (Phi) is 4.45. The van der Waals surface area contributed by atoms with Crippen molar-refractivity contribution in [3.8, 4) is 5.75 Å². The van der Waals surface area contributed by atoms with Crippen LogP contribution in [0.1, 0.15) is 30.3 Å². The standard InChI is InChI=1S/C15H19N3O2S/c1-11-4-2-3-5-13(11)20-8-9-21-15-17-16-14(10-19)18(15)12-6-7-12/h2-5,12,19H,6-10H2,1H3. The SMILES string of the molecule is Cc1ccccc1OCCSc1nnc(CO)n1C1CC1. The molecule has 1 aliphatic carbocycles. The first-order valence-electron chi connectivity index (χ1n) is 7.15. The summed E-state index contributed by atoms with van der Waals surface area (Å²) in [6.07, 6.45) is 2.30. The molecular formula is C15H19N3O2S. The minimum atomic E-state index is -0.0518. The number of aromatic nitrogens is 3. The summed E-state index contributed by atoms with van der Waals surface area (Å²) in [6, 6.07) is 8.48. The summed E-state index contributed by atoms with van der Waals surface area (Å²) in [4.78, 5) is 0.